The van der Waals surface area contributed by atoms with Crippen LogP contribution in [0.2, 0.25) is 0 Å². The summed E-state index contributed by atoms with van der Waals surface area (Å²) in [7, 11) is 5.08. The number of benzene rings is 1. The van der Waals surface area contributed by atoms with Crippen LogP contribution in [0.25, 0.3) is 0 Å². The lowest BCUT2D eigenvalue weighted by Gasteiger charge is -2.11. The monoisotopic (exact) mass is 245 g/mol. The molecule has 4 heteroatoms. The Kier molecular flexibility index (Phi) is 3.42. The van der Waals surface area contributed by atoms with E-state index >= 15 is 0 Å². The highest BCUT2D eigenvalue weighted by Crippen LogP contribution is 2.35. The van der Waals surface area contributed by atoms with E-state index in [2.05, 4.69) is 21.2 Å². The third-order valence-corrected chi connectivity index (χ3v) is 2.40. The SMILES string of the molecule is CNc1cc(OC)c(OC)cc1Br. The fourth-order valence-electron chi connectivity index (χ4n) is 1.05. The number of methoxy groups -OCH3 is 2. The maximum Gasteiger partial charge on any atom is 0.162 e. The molecule has 1 aromatic carbocycles. The number of rotatable bonds is 3. The summed E-state index contributed by atoms with van der Waals surface area (Å²) in [5.41, 5.74) is 0.970. The lowest BCUT2D eigenvalue weighted by molar-refractivity contribution is 0.355. The lowest BCUT2D eigenvalue weighted by atomic mass is 10.3. The van der Waals surface area contributed by atoms with Crippen LogP contribution >= 0.6 is 15.9 Å². The van der Waals surface area contributed by atoms with Crippen LogP contribution in [-0.4, -0.2) is 21.3 Å². The van der Waals surface area contributed by atoms with Gasteiger partial charge >= 0.3 is 0 Å². The molecule has 1 aromatic rings. The molecule has 1 N–H and O–H groups in total. The van der Waals surface area contributed by atoms with Crippen molar-refractivity contribution in [2.75, 3.05) is 26.6 Å². The second-order valence-electron chi connectivity index (χ2n) is 2.44. The van der Waals surface area contributed by atoms with E-state index in [0.29, 0.717) is 5.75 Å². The first-order chi connectivity index (χ1) is 6.22. The van der Waals surface area contributed by atoms with E-state index in [1.807, 2.05) is 19.2 Å². The van der Waals surface area contributed by atoms with E-state index < -0.39 is 0 Å². The van der Waals surface area contributed by atoms with Crippen LogP contribution in [0.1, 0.15) is 0 Å². The summed E-state index contributed by atoms with van der Waals surface area (Å²) < 4.78 is 11.2. The Bertz CT molecular complexity index is 302. The summed E-state index contributed by atoms with van der Waals surface area (Å²) in [4.78, 5) is 0. The molecule has 0 aliphatic heterocycles. The minimum Gasteiger partial charge on any atom is -0.493 e. The Labute approximate surface area is 86.2 Å². The zero-order valence-corrected chi connectivity index (χ0v) is 9.44. The number of ether oxygens (including phenoxy) is 2. The van der Waals surface area contributed by atoms with Gasteiger partial charge in [-0.2, -0.15) is 0 Å². The fourth-order valence-corrected chi connectivity index (χ4v) is 1.57. The second kappa shape index (κ2) is 4.37. The second-order valence-corrected chi connectivity index (χ2v) is 3.29. The molecule has 0 radical (unpaired) electrons. The van der Waals surface area contributed by atoms with E-state index in [0.717, 1.165) is 15.9 Å². The minimum atomic E-state index is 0.716. The van der Waals surface area contributed by atoms with Crippen molar-refractivity contribution in [1.29, 1.82) is 0 Å². The van der Waals surface area contributed by atoms with Gasteiger partial charge in [0.15, 0.2) is 11.5 Å². The summed E-state index contributed by atoms with van der Waals surface area (Å²) in [5.74, 6) is 1.43. The first-order valence-electron chi connectivity index (χ1n) is 3.82. The van der Waals surface area contributed by atoms with Crippen molar-refractivity contribution in [2.45, 2.75) is 0 Å². The molecule has 72 valence electrons. The van der Waals surface area contributed by atoms with E-state index in [1.54, 1.807) is 14.2 Å². The van der Waals surface area contributed by atoms with Crippen LogP contribution in [0.4, 0.5) is 5.69 Å². The number of halogens is 1. The van der Waals surface area contributed by atoms with Crippen molar-refractivity contribution in [3.8, 4) is 11.5 Å². The Morgan fingerprint density at radius 3 is 2.15 bits per heavy atom. The third-order valence-electron chi connectivity index (χ3n) is 1.74. The number of nitrogens with one attached hydrogen (secondary N) is 1. The summed E-state index contributed by atoms with van der Waals surface area (Å²) in [5, 5.41) is 3.04. The van der Waals surface area contributed by atoms with Gasteiger partial charge in [0.25, 0.3) is 0 Å². The number of hydrogen-bond donors (Lipinski definition) is 1. The third kappa shape index (κ3) is 2.06. The Hall–Kier alpha value is -0.900. The topological polar surface area (TPSA) is 30.5 Å². The minimum absolute atomic E-state index is 0.716. The first kappa shape index (κ1) is 10.2. The molecule has 0 aliphatic rings. The fraction of sp³-hybridized carbons (Fsp3) is 0.333. The molecular weight excluding hydrogens is 234 g/mol. The predicted molar refractivity (Wildman–Crippen MR) is 56.8 cm³/mol. The Morgan fingerprint density at radius 1 is 1.15 bits per heavy atom. The highest BCUT2D eigenvalue weighted by molar-refractivity contribution is 9.10. The largest absolute Gasteiger partial charge is 0.493 e. The Morgan fingerprint density at radius 2 is 1.69 bits per heavy atom. The molecule has 3 nitrogen and oxygen atoms in total. The van der Waals surface area contributed by atoms with Gasteiger partial charge in [-0.15, -0.1) is 0 Å². The van der Waals surface area contributed by atoms with Gasteiger partial charge in [-0.25, -0.2) is 0 Å². The molecule has 1 rings (SSSR count). The smallest absolute Gasteiger partial charge is 0.162 e. The van der Waals surface area contributed by atoms with Crippen molar-refractivity contribution in [3.05, 3.63) is 16.6 Å². The predicted octanol–water partition coefficient (Wildman–Crippen LogP) is 2.51. The van der Waals surface area contributed by atoms with Crippen LogP contribution in [0.15, 0.2) is 16.6 Å². The average molecular weight is 246 g/mol. The maximum absolute atomic E-state index is 5.15. The van der Waals surface area contributed by atoms with Gasteiger partial charge in [-0.05, 0) is 15.9 Å². The molecule has 0 amide bonds. The molecule has 0 saturated heterocycles. The molecule has 0 aliphatic carbocycles. The average Bonchev–Trinajstić information content (AvgIpc) is 2.17. The number of anilines is 1. The maximum atomic E-state index is 5.15. The summed E-state index contributed by atoms with van der Waals surface area (Å²) in [6.07, 6.45) is 0. The van der Waals surface area contributed by atoms with Gasteiger partial charge in [0.05, 0.1) is 19.9 Å². The van der Waals surface area contributed by atoms with Crippen molar-refractivity contribution < 1.29 is 9.47 Å². The number of hydrogen-bond acceptors (Lipinski definition) is 3. The van der Waals surface area contributed by atoms with Crippen LogP contribution in [0.3, 0.4) is 0 Å². The van der Waals surface area contributed by atoms with Crippen LogP contribution in [0.5, 0.6) is 11.5 Å². The molecule has 0 fully saturated rings. The normalized spacial score (nSPS) is 9.54. The quantitative estimate of drug-likeness (QED) is 0.888. The van der Waals surface area contributed by atoms with Gasteiger partial charge in [-0.1, -0.05) is 0 Å². The van der Waals surface area contributed by atoms with E-state index in [9.17, 15) is 0 Å². The summed E-state index contributed by atoms with van der Waals surface area (Å²) in [6.45, 7) is 0. The zero-order valence-electron chi connectivity index (χ0n) is 7.85. The summed E-state index contributed by atoms with van der Waals surface area (Å²) in [6, 6.07) is 3.74. The van der Waals surface area contributed by atoms with Crippen molar-refractivity contribution in [2.24, 2.45) is 0 Å². The van der Waals surface area contributed by atoms with Crippen molar-refractivity contribution in [1.82, 2.24) is 0 Å². The summed E-state index contributed by atoms with van der Waals surface area (Å²) >= 11 is 3.41. The highest BCUT2D eigenvalue weighted by Gasteiger charge is 2.07. The molecule has 0 unspecified atom stereocenters. The van der Waals surface area contributed by atoms with Crippen molar-refractivity contribution >= 4 is 21.6 Å². The van der Waals surface area contributed by atoms with Crippen molar-refractivity contribution in [3.63, 3.8) is 0 Å². The molecule has 0 bridgehead atoms. The molecule has 13 heavy (non-hydrogen) atoms. The van der Waals surface area contributed by atoms with E-state index in [1.165, 1.54) is 0 Å². The van der Waals surface area contributed by atoms with Crippen LogP contribution in [0, 0.1) is 0 Å². The van der Waals surface area contributed by atoms with E-state index in [4.69, 9.17) is 9.47 Å². The molecule has 0 saturated carbocycles. The lowest BCUT2D eigenvalue weighted by Crippen LogP contribution is -1.94. The molecule has 0 heterocycles. The van der Waals surface area contributed by atoms with Crippen LogP contribution in [-0.2, 0) is 0 Å². The Balaban J connectivity index is 3.18. The van der Waals surface area contributed by atoms with Gasteiger partial charge in [0.1, 0.15) is 0 Å². The zero-order chi connectivity index (χ0) is 9.84. The standard InChI is InChI=1S/C9H12BrNO2/c1-11-7-5-9(13-3)8(12-2)4-6(7)10/h4-5,11H,1-3H3. The van der Waals surface area contributed by atoms with E-state index in [-0.39, 0.29) is 0 Å². The molecule has 0 aromatic heterocycles. The molecular formula is C9H12BrNO2. The van der Waals surface area contributed by atoms with Gasteiger partial charge in [-0.3, -0.25) is 0 Å². The van der Waals surface area contributed by atoms with Gasteiger partial charge < -0.3 is 14.8 Å². The highest BCUT2D eigenvalue weighted by atomic mass is 79.9. The molecule has 0 spiro atoms. The first-order valence-corrected chi connectivity index (χ1v) is 4.61. The van der Waals surface area contributed by atoms with Gasteiger partial charge in [0, 0.05) is 23.7 Å². The molecule has 0 atom stereocenters. The van der Waals surface area contributed by atoms with Crippen LogP contribution < -0.4 is 14.8 Å². The van der Waals surface area contributed by atoms with Gasteiger partial charge in [0.2, 0.25) is 0 Å².